The Morgan fingerprint density at radius 1 is 1.60 bits per heavy atom. The second kappa shape index (κ2) is 6.48. The van der Waals surface area contributed by atoms with Crippen molar-refractivity contribution in [3.05, 3.63) is 22.7 Å². The molecular formula is C15H21BrN2O2. The topological polar surface area (TPSA) is 41.6 Å². The Labute approximate surface area is 128 Å². The summed E-state index contributed by atoms with van der Waals surface area (Å²) >= 11 is 3.47. The Morgan fingerprint density at radius 2 is 2.35 bits per heavy atom. The summed E-state index contributed by atoms with van der Waals surface area (Å²) in [4.78, 5) is 14.2. The quantitative estimate of drug-likeness (QED) is 0.916. The van der Waals surface area contributed by atoms with Crippen LogP contribution in [-0.2, 0) is 4.79 Å². The largest absolute Gasteiger partial charge is 0.487 e. The first-order valence-electron chi connectivity index (χ1n) is 7.00. The van der Waals surface area contributed by atoms with Crippen LogP contribution in [0, 0.1) is 0 Å². The van der Waals surface area contributed by atoms with Crippen molar-refractivity contribution in [3.63, 3.8) is 0 Å². The minimum atomic E-state index is 0.0550. The minimum absolute atomic E-state index is 0.0550. The monoisotopic (exact) mass is 340 g/mol. The van der Waals surface area contributed by atoms with Crippen molar-refractivity contribution in [1.29, 1.82) is 0 Å². The zero-order chi connectivity index (χ0) is 14.7. The molecule has 0 saturated carbocycles. The lowest BCUT2D eigenvalue weighted by Crippen LogP contribution is -2.46. The molecular weight excluding hydrogens is 320 g/mol. The Balaban J connectivity index is 2.12. The van der Waals surface area contributed by atoms with Crippen molar-refractivity contribution in [1.82, 2.24) is 5.32 Å². The molecule has 1 heterocycles. The number of carbonyl (C=O) groups excluding carboxylic acids is 1. The number of halogens is 1. The Morgan fingerprint density at radius 3 is 3.05 bits per heavy atom. The van der Waals surface area contributed by atoms with Gasteiger partial charge in [-0.2, -0.15) is 0 Å². The summed E-state index contributed by atoms with van der Waals surface area (Å²) in [6, 6.07) is 6.10. The van der Waals surface area contributed by atoms with E-state index >= 15 is 0 Å². The number of ether oxygens (including phenoxy) is 1. The third-order valence-corrected chi connectivity index (χ3v) is 3.91. The standard InChI is InChI=1S/C15H21BrN2O2/c1-4-10(2)17-15(19)9-18-8-11(3)20-14-6-5-12(16)7-13(14)18/h5-7,10-11H,4,8-9H2,1-3H3,(H,17,19). The van der Waals surface area contributed by atoms with Gasteiger partial charge in [0, 0.05) is 10.5 Å². The maximum Gasteiger partial charge on any atom is 0.239 e. The van der Waals surface area contributed by atoms with E-state index in [1.165, 1.54) is 0 Å². The molecule has 4 nitrogen and oxygen atoms in total. The number of fused-ring (bicyclic) bond motifs is 1. The molecule has 2 rings (SSSR count). The predicted octanol–water partition coefficient (Wildman–Crippen LogP) is 2.95. The van der Waals surface area contributed by atoms with Gasteiger partial charge in [-0.3, -0.25) is 4.79 Å². The van der Waals surface area contributed by atoms with E-state index < -0.39 is 0 Å². The normalized spacial score (nSPS) is 19.0. The van der Waals surface area contributed by atoms with Crippen molar-refractivity contribution in [3.8, 4) is 5.75 Å². The van der Waals surface area contributed by atoms with Gasteiger partial charge in [-0.05, 0) is 38.5 Å². The van der Waals surface area contributed by atoms with Crippen molar-refractivity contribution in [2.45, 2.75) is 39.3 Å². The average molecular weight is 341 g/mol. The van der Waals surface area contributed by atoms with Gasteiger partial charge in [-0.15, -0.1) is 0 Å². The van der Waals surface area contributed by atoms with Crippen molar-refractivity contribution >= 4 is 27.5 Å². The molecule has 0 aromatic heterocycles. The highest BCUT2D eigenvalue weighted by Crippen LogP contribution is 2.35. The van der Waals surface area contributed by atoms with Crippen LogP contribution in [0.25, 0.3) is 0 Å². The molecule has 110 valence electrons. The van der Waals surface area contributed by atoms with E-state index in [2.05, 4.69) is 33.1 Å². The highest BCUT2D eigenvalue weighted by atomic mass is 79.9. The highest BCUT2D eigenvalue weighted by molar-refractivity contribution is 9.10. The van der Waals surface area contributed by atoms with Gasteiger partial charge in [0.05, 0.1) is 18.8 Å². The molecule has 0 spiro atoms. The molecule has 0 radical (unpaired) electrons. The van der Waals surface area contributed by atoms with Crippen molar-refractivity contribution < 1.29 is 9.53 Å². The van der Waals surface area contributed by atoms with Crippen LogP contribution in [0.1, 0.15) is 27.2 Å². The smallest absolute Gasteiger partial charge is 0.239 e. The Kier molecular flexibility index (Phi) is 4.91. The lowest BCUT2D eigenvalue weighted by Gasteiger charge is -2.34. The van der Waals surface area contributed by atoms with E-state index in [9.17, 15) is 4.79 Å². The summed E-state index contributed by atoms with van der Waals surface area (Å²) in [5, 5.41) is 3.00. The molecule has 2 atom stereocenters. The molecule has 1 aromatic carbocycles. The number of hydrogen-bond acceptors (Lipinski definition) is 3. The number of amides is 1. The van der Waals surface area contributed by atoms with Gasteiger partial charge >= 0.3 is 0 Å². The third kappa shape index (κ3) is 3.66. The summed E-state index contributed by atoms with van der Waals surface area (Å²) in [5.74, 6) is 0.891. The number of rotatable bonds is 4. The lowest BCUT2D eigenvalue weighted by molar-refractivity contribution is -0.120. The maximum absolute atomic E-state index is 12.1. The van der Waals surface area contributed by atoms with E-state index in [0.29, 0.717) is 6.54 Å². The van der Waals surface area contributed by atoms with Gasteiger partial charge in [0.15, 0.2) is 0 Å². The summed E-state index contributed by atoms with van der Waals surface area (Å²) < 4.78 is 6.79. The molecule has 5 heteroatoms. The number of benzene rings is 1. The molecule has 0 fully saturated rings. The van der Waals surface area contributed by atoms with Gasteiger partial charge in [-0.25, -0.2) is 0 Å². The highest BCUT2D eigenvalue weighted by Gasteiger charge is 2.24. The fraction of sp³-hybridized carbons (Fsp3) is 0.533. The van der Waals surface area contributed by atoms with Crippen LogP contribution in [0.3, 0.4) is 0 Å². The second-order valence-corrected chi connectivity index (χ2v) is 6.21. The summed E-state index contributed by atoms with van der Waals surface area (Å²) in [6.45, 7) is 7.18. The van der Waals surface area contributed by atoms with Crippen LogP contribution < -0.4 is 15.0 Å². The molecule has 1 aliphatic rings. The molecule has 0 aliphatic carbocycles. The molecule has 1 aromatic rings. The summed E-state index contributed by atoms with van der Waals surface area (Å²) in [5.41, 5.74) is 0.969. The van der Waals surface area contributed by atoms with E-state index in [-0.39, 0.29) is 18.1 Å². The van der Waals surface area contributed by atoms with Crippen LogP contribution in [-0.4, -0.2) is 31.1 Å². The first-order valence-corrected chi connectivity index (χ1v) is 7.79. The van der Waals surface area contributed by atoms with Crippen LogP contribution in [0.15, 0.2) is 22.7 Å². The van der Waals surface area contributed by atoms with Crippen molar-refractivity contribution in [2.24, 2.45) is 0 Å². The molecule has 1 amide bonds. The van der Waals surface area contributed by atoms with Crippen molar-refractivity contribution in [2.75, 3.05) is 18.0 Å². The lowest BCUT2D eigenvalue weighted by atomic mass is 10.2. The fourth-order valence-corrected chi connectivity index (χ4v) is 2.59. The number of carbonyl (C=O) groups is 1. The van der Waals surface area contributed by atoms with Crippen LogP contribution in [0.5, 0.6) is 5.75 Å². The number of anilines is 1. The average Bonchev–Trinajstić information content (AvgIpc) is 2.39. The SMILES string of the molecule is CCC(C)NC(=O)CN1CC(C)Oc2ccc(Br)cc21. The molecule has 0 bridgehead atoms. The zero-order valence-corrected chi connectivity index (χ0v) is 13.7. The van der Waals surface area contributed by atoms with Gasteiger partial charge in [0.25, 0.3) is 0 Å². The maximum atomic E-state index is 12.1. The number of nitrogens with zero attached hydrogens (tertiary/aromatic N) is 1. The van der Waals surface area contributed by atoms with Gasteiger partial charge in [0.1, 0.15) is 11.9 Å². The predicted molar refractivity (Wildman–Crippen MR) is 84.3 cm³/mol. The van der Waals surface area contributed by atoms with E-state index in [4.69, 9.17) is 4.74 Å². The molecule has 20 heavy (non-hydrogen) atoms. The summed E-state index contributed by atoms with van der Waals surface area (Å²) in [7, 11) is 0. The zero-order valence-electron chi connectivity index (χ0n) is 12.1. The van der Waals surface area contributed by atoms with E-state index in [1.807, 2.05) is 32.0 Å². The van der Waals surface area contributed by atoms with Gasteiger partial charge < -0.3 is 15.0 Å². The molecule has 2 unspecified atom stereocenters. The first-order chi connectivity index (χ1) is 9.49. The molecule has 1 N–H and O–H groups in total. The van der Waals surface area contributed by atoms with Gasteiger partial charge in [-0.1, -0.05) is 22.9 Å². The van der Waals surface area contributed by atoms with E-state index in [1.54, 1.807) is 0 Å². The minimum Gasteiger partial charge on any atom is -0.487 e. The fourth-order valence-electron chi connectivity index (χ4n) is 2.25. The first kappa shape index (κ1) is 15.2. The van der Waals surface area contributed by atoms with Crippen LogP contribution >= 0.6 is 15.9 Å². The molecule has 0 saturated heterocycles. The van der Waals surface area contributed by atoms with Crippen LogP contribution in [0.4, 0.5) is 5.69 Å². The van der Waals surface area contributed by atoms with Gasteiger partial charge in [0.2, 0.25) is 5.91 Å². The summed E-state index contributed by atoms with van der Waals surface area (Å²) in [6.07, 6.45) is 1.02. The molecule has 1 aliphatic heterocycles. The Bertz CT molecular complexity index is 493. The third-order valence-electron chi connectivity index (χ3n) is 3.42. The number of nitrogens with one attached hydrogen (secondary N) is 1. The second-order valence-electron chi connectivity index (χ2n) is 5.30. The van der Waals surface area contributed by atoms with E-state index in [0.717, 1.165) is 28.9 Å². The number of hydrogen-bond donors (Lipinski definition) is 1. The van der Waals surface area contributed by atoms with Crippen LogP contribution in [0.2, 0.25) is 0 Å². The Hall–Kier alpha value is -1.23.